The highest BCUT2D eigenvalue weighted by molar-refractivity contribution is 5.98. The summed E-state index contributed by atoms with van der Waals surface area (Å²) in [7, 11) is 1.60. The van der Waals surface area contributed by atoms with Crippen molar-refractivity contribution in [1.82, 2.24) is 10.6 Å². The van der Waals surface area contributed by atoms with E-state index in [4.69, 9.17) is 9.47 Å². The molecule has 27 heavy (non-hydrogen) atoms. The first kappa shape index (κ1) is 20.3. The van der Waals surface area contributed by atoms with E-state index in [0.717, 1.165) is 5.56 Å². The Hall–Kier alpha value is -3.06. The van der Waals surface area contributed by atoms with Gasteiger partial charge in [0.25, 0.3) is 0 Å². The molecule has 0 aromatic heterocycles. The number of para-hydroxylation sites is 2. The van der Waals surface area contributed by atoms with Crippen LogP contribution in [0.2, 0.25) is 0 Å². The summed E-state index contributed by atoms with van der Waals surface area (Å²) < 4.78 is 10.6. The van der Waals surface area contributed by atoms with Crippen LogP contribution in [0.4, 0.5) is 10.5 Å². The van der Waals surface area contributed by atoms with Gasteiger partial charge >= 0.3 is 6.03 Å². The van der Waals surface area contributed by atoms with Crippen molar-refractivity contribution in [1.29, 1.82) is 0 Å². The van der Waals surface area contributed by atoms with E-state index in [0.29, 0.717) is 31.2 Å². The molecule has 0 aliphatic rings. The number of benzene rings is 2. The van der Waals surface area contributed by atoms with E-state index < -0.39 is 18.0 Å². The number of imide groups is 1. The highest BCUT2D eigenvalue weighted by Crippen LogP contribution is 2.24. The van der Waals surface area contributed by atoms with Crippen molar-refractivity contribution in [3.05, 3.63) is 60.2 Å². The molecule has 0 bridgehead atoms. The topological polar surface area (TPSA) is 88.7 Å². The van der Waals surface area contributed by atoms with Crippen molar-refractivity contribution in [3.8, 4) is 5.75 Å². The molecule has 2 aromatic carbocycles. The van der Waals surface area contributed by atoms with E-state index in [-0.39, 0.29) is 0 Å². The van der Waals surface area contributed by atoms with E-state index in [1.165, 1.54) is 0 Å². The van der Waals surface area contributed by atoms with Gasteiger partial charge in [-0.1, -0.05) is 42.5 Å². The van der Waals surface area contributed by atoms with Crippen molar-refractivity contribution in [2.45, 2.75) is 19.5 Å². The Labute approximate surface area is 159 Å². The van der Waals surface area contributed by atoms with Crippen LogP contribution in [-0.4, -0.2) is 38.3 Å². The Morgan fingerprint density at radius 1 is 1.00 bits per heavy atom. The first-order chi connectivity index (χ1) is 13.1. The molecule has 2 rings (SSSR count). The fourth-order valence-corrected chi connectivity index (χ4v) is 2.29. The van der Waals surface area contributed by atoms with Gasteiger partial charge in [0.1, 0.15) is 18.4 Å². The Morgan fingerprint density at radius 3 is 2.44 bits per heavy atom. The second kappa shape index (κ2) is 10.8. The zero-order valence-electron chi connectivity index (χ0n) is 15.5. The second-order valence-electron chi connectivity index (χ2n) is 5.86. The lowest BCUT2D eigenvalue weighted by molar-refractivity contribution is -0.120. The lowest BCUT2D eigenvalue weighted by atomic mass is 10.2. The number of rotatable bonds is 9. The molecule has 0 radical (unpaired) electrons. The first-order valence-corrected chi connectivity index (χ1v) is 8.70. The van der Waals surface area contributed by atoms with Gasteiger partial charge in [-0.25, -0.2) is 4.79 Å². The summed E-state index contributed by atoms with van der Waals surface area (Å²) >= 11 is 0. The predicted molar refractivity (Wildman–Crippen MR) is 104 cm³/mol. The SMILES string of the molecule is COCCOc1ccccc1NC(C)C(=O)NC(=O)NCc1ccccc1. The standard InChI is InChI=1S/C20H25N3O4/c1-15(22-17-10-6-7-11-18(17)27-13-12-26-2)19(24)23-20(25)21-14-16-8-4-3-5-9-16/h3-11,15,22H,12-14H2,1-2H3,(H2,21,23,24,25). The first-order valence-electron chi connectivity index (χ1n) is 8.70. The molecular weight excluding hydrogens is 346 g/mol. The van der Waals surface area contributed by atoms with Gasteiger partial charge in [0.15, 0.2) is 0 Å². The summed E-state index contributed by atoms with van der Waals surface area (Å²) in [5.74, 6) is 0.176. The number of carbonyl (C=O) groups is 2. The number of hydrogen-bond donors (Lipinski definition) is 3. The summed E-state index contributed by atoms with van der Waals surface area (Å²) in [6.07, 6.45) is 0. The van der Waals surface area contributed by atoms with Gasteiger partial charge < -0.3 is 20.1 Å². The van der Waals surface area contributed by atoms with Gasteiger partial charge in [0.2, 0.25) is 5.91 Å². The molecule has 0 aliphatic heterocycles. The maximum atomic E-state index is 12.2. The van der Waals surface area contributed by atoms with Gasteiger partial charge in [-0.15, -0.1) is 0 Å². The van der Waals surface area contributed by atoms with Crippen LogP contribution in [-0.2, 0) is 16.1 Å². The minimum Gasteiger partial charge on any atom is -0.489 e. The predicted octanol–water partition coefficient (Wildman–Crippen LogP) is 2.54. The van der Waals surface area contributed by atoms with Crippen molar-refractivity contribution in [2.75, 3.05) is 25.6 Å². The molecule has 0 heterocycles. The number of urea groups is 1. The van der Waals surface area contributed by atoms with E-state index in [1.54, 1.807) is 26.2 Å². The van der Waals surface area contributed by atoms with Crippen LogP contribution >= 0.6 is 0 Å². The van der Waals surface area contributed by atoms with Crippen molar-refractivity contribution < 1.29 is 19.1 Å². The summed E-state index contributed by atoms with van der Waals surface area (Å²) in [5.41, 5.74) is 1.62. The normalized spacial score (nSPS) is 11.3. The minimum atomic E-state index is -0.625. The van der Waals surface area contributed by atoms with E-state index in [1.807, 2.05) is 42.5 Å². The maximum absolute atomic E-state index is 12.2. The Bertz CT molecular complexity index is 737. The molecule has 2 aromatic rings. The third kappa shape index (κ3) is 6.99. The number of hydrogen-bond acceptors (Lipinski definition) is 5. The number of nitrogens with one attached hydrogen (secondary N) is 3. The van der Waals surface area contributed by atoms with Crippen molar-refractivity contribution >= 4 is 17.6 Å². The molecule has 7 heteroatoms. The molecule has 1 unspecified atom stereocenters. The molecule has 0 fully saturated rings. The number of methoxy groups -OCH3 is 1. The van der Waals surface area contributed by atoms with Crippen LogP contribution in [0, 0.1) is 0 Å². The van der Waals surface area contributed by atoms with Crippen LogP contribution in [0.5, 0.6) is 5.75 Å². The molecular formula is C20H25N3O4. The molecule has 0 saturated carbocycles. The zero-order chi connectivity index (χ0) is 19.5. The molecule has 0 saturated heterocycles. The Morgan fingerprint density at radius 2 is 1.70 bits per heavy atom. The van der Waals surface area contributed by atoms with Crippen LogP contribution in [0.3, 0.4) is 0 Å². The third-order valence-corrected chi connectivity index (χ3v) is 3.73. The van der Waals surface area contributed by atoms with Crippen LogP contribution in [0.15, 0.2) is 54.6 Å². The van der Waals surface area contributed by atoms with Crippen LogP contribution in [0.25, 0.3) is 0 Å². The summed E-state index contributed by atoms with van der Waals surface area (Å²) in [6, 6.07) is 15.6. The van der Waals surface area contributed by atoms with Crippen molar-refractivity contribution in [3.63, 3.8) is 0 Å². The fourth-order valence-electron chi connectivity index (χ4n) is 2.29. The van der Waals surface area contributed by atoms with E-state index in [9.17, 15) is 9.59 Å². The summed E-state index contributed by atoms with van der Waals surface area (Å²) in [5, 5.41) is 8.05. The average Bonchev–Trinajstić information content (AvgIpc) is 2.68. The van der Waals surface area contributed by atoms with Gasteiger partial charge in [-0.05, 0) is 24.6 Å². The molecule has 144 valence electrons. The van der Waals surface area contributed by atoms with Crippen molar-refractivity contribution in [2.24, 2.45) is 0 Å². The second-order valence-corrected chi connectivity index (χ2v) is 5.86. The Balaban J connectivity index is 1.83. The molecule has 0 aliphatic carbocycles. The van der Waals surface area contributed by atoms with Gasteiger partial charge in [0.05, 0.1) is 12.3 Å². The number of carbonyl (C=O) groups excluding carboxylic acids is 2. The lowest BCUT2D eigenvalue weighted by Gasteiger charge is -2.18. The van der Waals surface area contributed by atoms with Crippen LogP contribution in [0.1, 0.15) is 12.5 Å². The van der Waals surface area contributed by atoms with Gasteiger partial charge in [0, 0.05) is 13.7 Å². The average molecular weight is 371 g/mol. The Kier molecular flexibility index (Phi) is 8.12. The molecule has 7 nitrogen and oxygen atoms in total. The molecule has 1 atom stereocenters. The largest absolute Gasteiger partial charge is 0.489 e. The van der Waals surface area contributed by atoms with E-state index >= 15 is 0 Å². The number of anilines is 1. The van der Waals surface area contributed by atoms with E-state index in [2.05, 4.69) is 16.0 Å². The van der Waals surface area contributed by atoms with Crippen LogP contribution < -0.4 is 20.7 Å². The van der Waals surface area contributed by atoms with Gasteiger partial charge in [-0.2, -0.15) is 0 Å². The van der Waals surface area contributed by atoms with Gasteiger partial charge in [-0.3, -0.25) is 10.1 Å². The monoisotopic (exact) mass is 371 g/mol. The zero-order valence-corrected chi connectivity index (χ0v) is 15.5. The number of ether oxygens (including phenoxy) is 2. The quantitative estimate of drug-likeness (QED) is 0.590. The highest BCUT2D eigenvalue weighted by atomic mass is 16.5. The maximum Gasteiger partial charge on any atom is 0.321 e. The molecule has 3 amide bonds. The number of amides is 3. The summed E-state index contributed by atoms with van der Waals surface area (Å²) in [6.45, 7) is 2.88. The lowest BCUT2D eigenvalue weighted by Crippen LogP contribution is -2.45. The third-order valence-electron chi connectivity index (χ3n) is 3.73. The summed E-state index contributed by atoms with van der Waals surface area (Å²) in [4.78, 5) is 24.2. The highest BCUT2D eigenvalue weighted by Gasteiger charge is 2.17. The fraction of sp³-hybridized carbons (Fsp3) is 0.300. The molecule has 0 spiro atoms. The minimum absolute atomic E-state index is 0.345. The molecule has 3 N–H and O–H groups in total. The smallest absolute Gasteiger partial charge is 0.321 e.